The van der Waals surface area contributed by atoms with Crippen LogP contribution in [-0.2, 0) is 11.5 Å². The molecule has 0 saturated carbocycles. The van der Waals surface area contributed by atoms with Crippen LogP contribution in [0.2, 0.25) is 0 Å². The van der Waals surface area contributed by atoms with Crippen molar-refractivity contribution < 1.29 is 9.00 Å². The highest BCUT2D eigenvalue weighted by Crippen LogP contribution is 2.03. The first-order valence-electron chi connectivity index (χ1n) is 5.22. The highest BCUT2D eigenvalue weighted by atomic mass is 32.1. The molecule has 0 unspecified atom stereocenters. The molecule has 0 aliphatic carbocycles. The predicted molar refractivity (Wildman–Crippen MR) is 68.4 cm³/mol. The van der Waals surface area contributed by atoms with Crippen LogP contribution >= 0.6 is 0 Å². The Morgan fingerprint density at radius 1 is 1.37 bits per heavy atom. The number of aryl methyl sites for hydroxylation is 1. The van der Waals surface area contributed by atoms with Crippen LogP contribution in [0.15, 0.2) is 29.0 Å². The van der Waals surface area contributed by atoms with E-state index in [9.17, 15) is 9.00 Å². The number of nitrogens with zero attached hydrogens (tertiary/aromatic N) is 3. The lowest BCUT2D eigenvalue weighted by Gasteiger charge is -1.93. The monoisotopic (exact) mass is 272 g/mol. The van der Waals surface area contributed by atoms with Gasteiger partial charge in [-0.2, -0.15) is 4.21 Å². The fraction of sp³-hybridized carbons (Fsp3) is 0.0833. The van der Waals surface area contributed by atoms with Crippen molar-refractivity contribution >= 4 is 17.4 Å². The zero-order chi connectivity index (χ0) is 13.7. The van der Waals surface area contributed by atoms with E-state index < -0.39 is 5.91 Å². The van der Waals surface area contributed by atoms with Crippen LogP contribution in [0.25, 0.3) is 0 Å². The summed E-state index contributed by atoms with van der Waals surface area (Å²) in [5, 5.41) is 0. The largest absolute Gasteiger partial charge is 0.336 e. The molecule has 2 heterocycles. The van der Waals surface area contributed by atoms with Crippen LogP contribution in [0.1, 0.15) is 27.4 Å². The molecule has 19 heavy (non-hydrogen) atoms. The van der Waals surface area contributed by atoms with E-state index >= 15 is 0 Å². The maximum atomic E-state index is 11.4. The second-order valence-electron chi connectivity index (χ2n) is 3.57. The lowest BCUT2D eigenvalue weighted by atomic mass is 10.2. The first-order valence-corrected chi connectivity index (χ1v) is 5.92. The third-order valence-electron chi connectivity index (χ3n) is 2.15. The molecule has 0 saturated heterocycles. The Morgan fingerprint density at radius 3 is 2.89 bits per heavy atom. The van der Waals surface area contributed by atoms with E-state index in [1.165, 1.54) is 18.5 Å². The smallest absolute Gasteiger partial charge is 0.291 e. The van der Waals surface area contributed by atoms with Gasteiger partial charge in [-0.3, -0.25) is 9.78 Å². The topological polar surface area (TPSA) is 88.1 Å². The number of hydrogen-bond acceptors (Lipinski definition) is 4. The van der Waals surface area contributed by atoms with Crippen molar-refractivity contribution in [3.05, 3.63) is 47.3 Å². The second-order valence-corrected chi connectivity index (χ2v) is 3.90. The Morgan fingerprint density at radius 2 is 2.21 bits per heavy atom. The zero-order valence-corrected chi connectivity index (χ0v) is 10.7. The number of H-pyrrole nitrogens is 1. The standard InChI is InChI=1S/C12H8N4O2S/c1-8-14-7-11(15-8)3-2-9-4-10(6-13-5-9)12(17)16-19-18/h4-7H,1H3,(H,14,15). The van der Waals surface area contributed by atoms with Gasteiger partial charge in [0.15, 0.2) is 0 Å². The van der Waals surface area contributed by atoms with Crippen molar-refractivity contribution in [1.82, 2.24) is 15.0 Å². The third kappa shape index (κ3) is 3.43. The van der Waals surface area contributed by atoms with E-state index in [0.717, 1.165) is 5.82 Å². The summed E-state index contributed by atoms with van der Waals surface area (Å²) in [7, 11) is 0. The molecule has 0 radical (unpaired) electrons. The zero-order valence-electron chi connectivity index (χ0n) is 9.88. The van der Waals surface area contributed by atoms with Crippen molar-refractivity contribution in [2.24, 2.45) is 4.36 Å². The summed E-state index contributed by atoms with van der Waals surface area (Å²) in [6, 6.07) is 1.53. The Kier molecular flexibility index (Phi) is 3.95. The number of aromatic nitrogens is 3. The molecular weight excluding hydrogens is 264 g/mol. The molecule has 0 spiro atoms. The molecule has 2 aromatic rings. The highest BCUT2D eigenvalue weighted by Gasteiger charge is 2.04. The summed E-state index contributed by atoms with van der Waals surface area (Å²) in [5.41, 5.74) is 1.47. The summed E-state index contributed by atoms with van der Waals surface area (Å²) >= 11 is -0.128. The minimum Gasteiger partial charge on any atom is -0.336 e. The van der Waals surface area contributed by atoms with E-state index in [0.29, 0.717) is 11.3 Å². The summed E-state index contributed by atoms with van der Waals surface area (Å²) in [6.07, 6.45) is 4.49. The molecule has 0 aliphatic rings. The van der Waals surface area contributed by atoms with Gasteiger partial charge in [0.1, 0.15) is 11.5 Å². The molecule has 2 aromatic heterocycles. The quantitative estimate of drug-likeness (QED) is 0.786. The van der Waals surface area contributed by atoms with Crippen molar-refractivity contribution in [3.63, 3.8) is 0 Å². The van der Waals surface area contributed by atoms with Gasteiger partial charge in [0, 0.05) is 18.0 Å². The average molecular weight is 272 g/mol. The summed E-state index contributed by atoms with van der Waals surface area (Å²) in [4.78, 5) is 22.3. The first kappa shape index (κ1) is 12.9. The van der Waals surface area contributed by atoms with E-state index in [4.69, 9.17) is 0 Å². The van der Waals surface area contributed by atoms with Gasteiger partial charge in [-0.1, -0.05) is 5.92 Å². The first-order chi connectivity index (χ1) is 9.19. The Hall–Kier alpha value is -2.59. The highest BCUT2D eigenvalue weighted by molar-refractivity contribution is 7.55. The predicted octanol–water partition coefficient (Wildman–Crippen LogP) is 1.05. The minimum absolute atomic E-state index is 0.128. The molecule has 7 heteroatoms. The van der Waals surface area contributed by atoms with E-state index in [-0.39, 0.29) is 17.0 Å². The lowest BCUT2D eigenvalue weighted by Crippen LogP contribution is -1.95. The van der Waals surface area contributed by atoms with Gasteiger partial charge in [0.25, 0.3) is 5.91 Å². The van der Waals surface area contributed by atoms with Gasteiger partial charge in [0.2, 0.25) is 11.5 Å². The molecule has 1 amide bonds. The maximum Gasteiger partial charge on any atom is 0.291 e. The SMILES string of the molecule is Cc1ncc(C#Cc2cncc(C(=O)N=S=O)c2)[nH]1. The molecule has 0 aliphatic heterocycles. The summed E-state index contributed by atoms with van der Waals surface area (Å²) in [6.45, 7) is 1.83. The number of carbonyl (C=O) groups excluding carboxylic acids is 1. The number of hydrogen-bond donors (Lipinski definition) is 1. The average Bonchev–Trinajstić information content (AvgIpc) is 2.83. The van der Waals surface area contributed by atoms with Crippen LogP contribution in [0.4, 0.5) is 0 Å². The van der Waals surface area contributed by atoms with Gasteiger partial charge in [0.05, 0.1) is 11.8 Å². The maximum absolute atomic E-state index is 11.4. The third-order valence-corrected chi connectivity index (χ3v) is 2.39. The van der Waals surface area contributed by atoms with Crippen molar-refractivity contribution in [1.29, 1.82) is 0 Å². The van der Waals surface area contributed by atoms with Crippen LogP contribution in [0, 0.1) is 18.8 Å². The fourth-order valence-electron chi connectivity index (χ4n) is 1.34. The number of aromatic amines is 1. The Bertz CT molecular complexity index is 735. The van der Waals surface area contributed by atoms with Crippen molar-refractivity contribution in [2.45, 2.75) is 6.92 Å². The Labute approximate surface area is 112 Å². The Balaban J connectivity index is 2.27. The molecule has 1 N–H and O–H groups in total. The van der Waals surface area contributed by atoms with Crippen molar-refractivity contribution in [3.8, 4) is 11.8 Å². The van der Waals surface area contributed by atoms with E-state index in [1.807, 2.05) is 6.92 Å². The van der Waals surface area contributed by atoms with Gasteiger partial charge in [-0.25, -0.2) is 4.98 Å². The fourth-order valence-corrected chi connectivity index (χ4v) is 1.51. The molecule has 2 rings (SSSR count). The number of pyridine rings is 1. The van der Waals surface area contributed by atoms with Crippen LogP contribution in [0.3, 0.4) is 0 Å². The number of carbonyl (C=O) groups is 1. The normalized spacial score (nSPS) is 9.32. The molecular formula is C12H8N4O2S. The molecule has 6 nitrogen and oxygen atoms in total. The number of nitrogens with one attached hydrogen (secondary N) is 1. The van der Waals surface area contributed by atoms with Gasteiger partial charge in [-0.05, 0) is 18.9 Å². The second kappa shape index (κ2) is 5.84. The van der Waals surface area contributed by atoms with Gasteiger partial charge in [-0.15, -0.1) is 4.36 Å². The van der Waals surface area contributed by atoms with Crippen LogP contribution < -0.4 is 0 Å². The van der Waals surface area contributed by atoms with E-state index in [1.54, 1.807) is 6.20 Å². The van der Waals surface area contributed by atoms with Crippen LogP contribution in [-0.4, -0.2) is 25.1 Å². The molecule has 0 atom stereocenters. The molecule has 94 valence electrons. The lowest BCUT2D eigenvalue weighted by molar-refractivity contribution is 0.100. The van der Waals surface area contributed by atoms with Gasteiger partial charge < -0.3 is 4.98 Å². The van der Waals surface area contributed by atoms with Crippen LogP contribution in [0.5, 0.6) is 0 Å². The number of amides is 1. The molecule has 0 fully saturated rings. The minimum atomic E-state index is -0.617. The summed E-state index contributed by atoms with van der Waals surface area (Å²) < 4.78 is 13.4. The van der Waals surface area contributed by atoms with Gasteiger partial charge >= 0.3 is 0 Å². The molecule has 0 aromatic carbocycles. The molecule has 0 bridgehead atoms. The van der Waals surface area contributed by atoms with Crippen molar-refractivity contribution in [2.75, 3.05) is 0 Å². The number of imidazole rings is 1. The summed E-state index contributed by atoms with van der Waals surface area (Å²) in [5.74, 6) is 5.87. The number of rotatable bonds is 1. The van der Waals surface area contributed by atoms with E-state index in [2.05, 4.69) is 31.2 Å².